The smallest absolute Gasteiger partial charge is 0.270 e. The summed E-state index contributed by atoms with van der Waals surface area (Å²) < 4.78 is 14.1. The normalized spacial score (nSPS) is 10.6. The number of carbonyl (C=O) groups excluding carboxylic acids is 1. The summed E-state index contributed by atoms with van der Waals surface area (Å²) in [6.45, 7) is 3.60. The van der Waals surface area contributed by atoms with Crippen molar-refractivity contribution in [3.05, 3.63) is 58.5 Å². The lowest BCUT2D eigenvalue weighted by Gasteiger charge is -2.09. The highest BCUT2D eigenvalue weighted by Crippen LogP contribution is 2.06. The van der Waals surface area contributed by atoms with Gasteiger partial charge in [0, 0.05) is 12.2 Å². The van der Waals surface area contributed by atoms with Gasteiger partial charge in [0.15, 0.2) is 0 Å². The molecule has 0 fully saturated rings. The Hall–Kier alpha value is -2.50. The van der Waals surface area contributed by atoms with Gasteiger partial charge in [-0.15, -0.1) is 0 Å². The molecule has 0 aliphatic heterocycles. The van der Waals surface area contributed by atoms with Crippen LogP contribution in [0.1, 0.15) is 24.2 Å². The first-order valence-electron chi connectivity index (χ1n) is 6.12. The van der Waals surface area contributed by atoms with E-state index in [0.29, 0.717) is 5.69 Å². The zero-order chi connectivity index (χ0) is 14.7. The summed E-state index contributed by atoms with van der Waals surface area (Å²) in [5.74, 6) is -0.877. The number of benzene rings is 1. The molecule has 1 aromatic carbocycles. The summed E-state index contributed by atoms with van der Waals surface area (Å²) in [6, 6.07) is 5.29. The van der Waals surface area contributed by atoms with Gasteiger partial charge in [0.2, 0.25) is 0 Å². The first-order chi connectivity index (χ1) is 9.49. The quantitative estimate of drug-likeness (QED) is 0.923. The third-order valence-electron chi connectivity index (χ3n) is 2.60. The highest BCUT2D eigenvalue weighted by molar-refractivity contribution is 5.93. The summed E-state index contributed by atoms with van der Waals surface area (Å²) in [5, 5.41) is 2.64. The summed E-state index contributed by atoms with van der Waals surface area (Å²) >= 11 is 0. The monoisotopic (exact) mass is 275 g/mol. The van der Waals surface area contributed by atoms with Crippen molar-refractivity contribution >= 4 is 5.91 Å². The number of hydrogen-bond donors (Lipinski definition) is 1. The molecule has 0 unspecified atom stereocenters. The van der Waals surface area contributed by atoms with Crippen molar-refractivity contribution in [3.63, 3.8) is 0 Å². The number of halogens is 1. The molecule has 6 heteroatoms. The van der Waals surface area contributed by atoms with Crippen LogP contribution in [-0.2, 0) is 0 Å². The molecule has 0 saturated heterocycles. The van der Waals surface area contributed by atoms with E-state index in [1.54, 1.807) is 13.8 Å². The van der Waals surface area contributed by atoms with Gasteiger partial charge in [0.1, 0.15) is 17.7 Å². The van der Waals surface area contributed by atoms with E-state index >= 15 is 0 Å². The molecule has 1 heterocycles. The average molecular weight is 275 g/mol. The number of amides is 1. The first-order valence-corrected chi connectivity index (χ1v) is 6.12. The molecule has 0 saturated carbocycles. The highest BCUT2D eigenvalue weighted by atomic mass is 19.1. The molecule has 1 amide bonds. The van der Waals surface area contributed by atoms with Gasteiger partial charge in [-0.3, -0.25) is 14.2 Å². The zero-order valence-corrected chi connectivity index (χ0v) is 11.1. The fourth-order valence-corrected chi connectivity index (χ4v) is 1.69. The van der Waals surface area contributed by atoms with Gasteiger partial charge in [-0.2, -0.15) is 0 Å². The summed E-state index contributed by atoms with van der Waals surface area (Å²) in [4.78, 5) is 28.0. The van der Waals surface area contributed by atoms with Crippen molar-refractivity contribution < 1.29 is 9.18 Å². The SMILES string of the molecule is CC(C)NC(=O)c1cncn(-c2ccc(F)cc2)c1=O. The van der Waals surface area contributed by atoms with Crippen molar-refractivity contribution in [2.24, 2.45) is 0 Å². The van der Waals surface area contributed by atoms with Crippen molar-refractivity contribution in [3.8, 4) is 5.69 Å². The molecule has 2 rings (SSSR count). The van der Waals surface area contributed by atoms with E-state index in [2.05, 4.69) is 10.3 Å². The Morgan fingerprint density at radius 1 is 1.30 bits per heavy atom. The van der Waals surface area contributed by atoms with Gasteiger partial charge in [-0.1, -0.05) is 0 Å². The molecule has 0 radical (unpaired) electrons. The predicted molar refractivity (Wildman–Crippen MR) is 72.4 cm³/mol. The standard InChI is InChI=1S/C14H14FN3O2/c1-9(2)17-13(19)12-7-16-8-18(14(12)20)11-5-3-10(15)4-6-11/h3-9H,1-2H3,(H,17,19). The predicted octanol–water partition coefficient (Wildman–Crippen LogP) is 1.51. The molecule has 0 aliphatic carbocycles. The molecule has 20 heavy (non-hydrogen) atoms. The molecule has 0 atom stereocenters. The Labute approximate surface area is 115 Å². The molecule has 104 valence electrons. The minimum Gasteiger partial charge on any atom is -0.350 e. The van der Waals surface area contributed by atoms with E-state index in [1.807, 2.05) is 0 Å². The molecule has 0 spiro atoms. The van der Waals surface area contributed by atoms with Crippen LogP contribution < -0.4 is 10.9 Å². The number of nitrogens with one attached hydrogen (secondary N) is 1. The minimum absolute atomic E-state index is 0.0504. The van der Waals surface area contributed by atoms with Crippen LogP contribution in [0.5, 0.6) is 0 Å². The number of rotatable bonds is 3. The van der Waals surface area contributed by atoms with Gasteiger partial charge in [-0.05, 0) is 38.1 Å². The van der Waals surface area contributed by atoms with Crippen molar-refractivity contribution in [2.45, 2.75) is 19.9 Å². The van der Waals surface area contributed by atoms with E-state index in [-0.39, 0.29) is 11.6 Å². The highest BCUT2D eigenvalue weighted by Gasteiger charge is 2.14. The third-order valence-corrected chi connectivity index (χ3v) is 2.60. The Balaban J connectivity index is 2.44. The van der Waals surface area contributed by atoms with Gasteiger partial charge < -0.3 is 5.32 Å². The van der Waals surface area contributed by atoms with E-state index in [4.69, 9.17) is 0 Å². The molecule has 1 aromatic heterocycles. The van der Waals surface area contributed by atoms with Gasteiger partial charge in [0.05, 0.1) is 5.69 Å². The summed E-state index contributed by atoms with van der Waals surface area (Å²) in [7, 11) is 0. The minimum atomic E-state index is -0.496. The number of carbonyl (C=O) groups is 1. The molecular weight excluding hydrogens is 261 g/mol. The van der Waals surface area contributed by atoms with Crippen LogP contribution in [0.3, 0.4) is 0 Å². The number of hydrogen-bond acceptors (Lipinski definition) is 3. The van der Waals surface area contributed by atoms with Crippen LogP contribution in [0.4, 0.5) is 4.39 Å². The Morgan fingerprint density at radius 2 is 1.95 bits per heavy atom. The molecule has 0 aliphatic rings. The second-order valence-corrected chi connectivity index (χ2v) is 4.59. The van der Waals surface area contributed by atoms with Gasteiger partial charge in [0.25, 0.3) is 11.5 Å². The van der Waals surface area contributed by atoms with E-state index in [1.165, 1.54) is 41.4 Å². The van der Waals surface area contributed by atoms with Crippen LogP contribution in [0.15, 0.2) is 41.6 Å². The van der Waals surface area contributed by atoms with E-state index < -0.39 is 17.3 Å². The van der Waals surface area contributed by atoms with E-state index in [9.17, 15) is 14.0 Å². The summed E-state index contributed by atoms with van der Waals surface area (Å²) in [5.41, 5.74) is -0.0987. The van der Waals surface area contributed by atoms with E-state index in [0.717, 1.165) is 0 Å². The van der Waals surface area contributed by atoms with Crippen LogP contribution in [0.2, 0.25) is 0 Å². The lowest BCUT2D eigenvalue weighted by atomic mass is 10.2. The lowest BCUT2D eigenvalue weighted by Crippen LogP contribution is -2.36. The van der Waals surface area contributed by atoms with Crippen LogP contribution in [-0.4, -0.2) is 21.5 Å². The lowest BCUT2D eigenvalue weighted by molar-refractivity contribution is 0.0941. The molecule has 2 aromatic rings. The second kappa shape index (κ2) is 5.64. The van der Waals surface area contributed by atoms with Crippen molar-refractivity contribution in [1.82, 2.24) is 14.9 Å². The second-order valence-electron chi connectivity index (χ2n) is 4.59. The van der Waals surface area contributed by atoms with Crippen LogP contribution in [0.25, 0.3) is 5.69 Å². The maximum absolute atomic E-state index is 12.9. The molecule has 5 nitrogen and oxygen atoms in total. The van der Waals surface area contributed by atoms with Gasteiger partial charge in [-0.25, -0.2) is 9.37 Å². The fraction of sp³-hybridized carbons (Fsp3) is 0.214. The van der Waals surface area contributed by atoms with Crippen LogP contribution in [0, 0.1) is 5.82 Å². The third kappa shape index (κ3) is 2.90. The van der Waals surface area contributed by atoms with Gasteiger partial charge >= 0.3 is 0 Å². The van der Waals surface area contributed by atoms with Crippen molar-refractivity contribution in [2.75, 3.05) is 0 Å². The maximum atomic E-state index is 12.9. The molecule has 0 bridgehead atoms. The van der Waals surface area contributed by atoms with Crippen LogP contribution >= 0.6 is 0 Å². The largest absolute Gasteiger partial charge is 0.350 e. The Kier molecular flexibility index (Phi) is 3.93. The average Bonchev–Trinajstić information content (AvgIpc) is 2.39. The number of nitrogens with zero attached hydrogens (tertiary/aromatic N) is 2. The topological polar surface area (TPSA) is 64.0 Å². The Bertz CT molecular complexity index is 678. The fourth-order valence-electron chi connectivity index (χ4n) is 1.69. The van der Waals surface area contributed by atoms with Crippen molar-refractivity contribution in [1.29, 1.82) is 0 Å². The zero-order valence-electron chi connectivity index (χ0n) is 11.1. The first kappa shape index (κ1) is 13.9. The maximum Gasteiger partial charge on any atom is 0.270 e. The molecular formula is C14H14FN3O2. The number of aromatic nitrogens is 2. The summed E-state index contributed by atoms with van der Waals surface area (Å²) in [6.07, 6.45) is 2.52. The Morgan fingerprint density at radius 3 is 2.55 bits per heavy atom. The molecule has 1 N–H and O–H groups in total.